The van der Waals surface area contributed by atoms with E-state index < -0.39 is 0 Å². The van der Waals surface area contributed by atoms with Crippen molar-refractivity contribution in [2.75, 3.05) is 13.1 Å². The van der Waals surface area contributed by atoms with Crippen LogP contribution in [-0.4, -0.2) is 24.0 Å². The molecule has 2 aromatic carbocycles. The predicted molar refractivity (Wildman–Crippen MR) is 83.7 cm³/mol. The van der Waals surface area contributed by atoms with Gasteiger partial charge < -0.3 is 10.4 Å². The standard InChI is InChI=1S/C18H18N2O/c21-15-8-6-14(7-9-15)18(13-4-2-1-3-5-13)12-16(18)17-19-10-11-20-17/h1-9,16,21H,10-12H2,(H,19,20). The molecular weight excluding hydrogens is 260 g/mol. The monoisotopic (exact) mass is 278 g/mol. The number of nitrogens with zero attached hydrogens (tertiary/aromatic N) is 1. The zero-order valence-corrected chi connectivity index (χ0v) is 11.8. The number of rotatable bonds is 3. The molecule has 1 aliphatic heterocycles. The Morgan fingerprint density at radius 2 is 1.71 bits per heavy atom. The van der Waals surface area contributed by atoms with E-state index in [-0.39, 0.29) is 5.41 Å². The van der Waals surface area contributed by atoms with Crippen molar-refractivity contribution in [2.45, 2.75) is 11.8 Å². The minimum Gasteiger partial charge on any atom is -0.508 e. The molecule has 3 heteroatoms. The number of nitrogens with one attached hydrogen (secondary N) is 1. The van der Waals surface area contributed by atoms with Crippen LogP contribution in [0.2, 0.25) is 0 Å². The molecule has 0 saturated heterocycles. The van der Waals surface area contributed by atoms with Gasteiger partial charge in [0, 0.05) is 17.9 Å². The summed E-state index contributed by atoms with van der Waals surface area (Å²) in [6, 6.07) is 18.3. The Hall–Kier alpha value is -2.29. The Bertz CT molecular complexity index is 678. The molecule has 4 rings (SSSR count). The summed E-state index contributed by atoms with van der Waals surface area (Å²) < 4.78 is 0. The zero-order valence-electron chi connectivity index (χ0n) is 11.8. The summed E-state index contributed by atoms with van der Waals surface area (Å²) in [4.78, 5) is 4.62. The van der Waals surface area contributed by atoms with Gasteiger partial charge in [0.25, 0.3) is 0 Å². The molecule has 2 N–H and O–H groups in total. The number of phenolic OH excluding ortho intramolecular Hbond substituents is 1. The molecule has 2 atom stereocenters. The normalized spacial score (nSPS) is 27.0. The summed E-state index contributed by atoms with van der Waals surface area (Å²) in [6.07, 6.45) is 1.08. The van der Waals surface area contributed by atoms with E-state index in [0.717, 1.165) is 25.3 Å². The van der Waals surface area contributed by atoms with Crippen molar-refractivity contribution in [3.8, 4) is 5.75 Å². The van der Waals surface area contributed by atoms with E-state index in [1.54, 1.807) is 12.1 Å². The highest BCUT2D eigenvalue weighted by molar-refractivity contribution is 5.91. The molecule has 1 saturated carbocycles. The van der Waals surface area contributed by atoms with Gasteiger partial charge in [-0.05, 0) is 29.7 Å². The first-order chi connectivity index (χ1) is 10.3. The van der Waals surface area contributed by atoms with Gasteiger partial charge in [-0.2, -0.15) is 0 Å². The topological polar surface area (TPSA) is 44.6 Å². The Morgan fingerprint density at radius 1 is 1.00 bits per heavy atom. The maximum absolute atomic E-state index is 9.55. The highest BCUT2D eigenvalue weighted by Gasteiger charge is 2.59. The molecule has 0 amide bonds. The van der Waals surface area contributed by atoms with Gasteiger partial charge in [0.2, 0.25) is 0 Å². The summed E-state index contributed by atoms with van der Waals surface area (Å²) >= 11 is 0. The molecule has 1 heterocycles. The molecule has 0 spiro atoms. The Morgan fingerprint density at radius 3 is 2.38 bits per heavy atom. The van der Waals surface area contributed by atoms with E-state index in [1.165, 1.54) is 11.1 Å². The van der Waals surface area contributed by atoms with Crippen molar-refractivity contribution in [2.24, 2.45) is 10.9 Å². The average molecular weight is 278 g/mol. The first-order valence-corrected chi connectivity index (χ1v) is 7.44. The van der Waals surface area contributed by atoms with Crippen LogP contribution in [0.5, 0.6) is 5.75 Å². The lowest BCUT2D eigenvalue weighted by atomic mass is 9.85. The van der Waals surface area contributed by atoms with Gasteiger partial charge >= 0.3 is 0 Å². The first kappa shape index (κ1) is 12.5. The summed E-state index contributed by atoms with van der Waals surface area (Å²) in [5.41, 5.74) is 2.59. The molecule has 3 nitrogen and oxygen atoms in total. The zero-order chi connectivity index (χ0) is 14.3. The summed E-state index contributed by atoms with van der Waals surface area (Å²) in [7, 11) is 0. The fourth-order valence-electron chi connectivity index (χ4n) is 3.54. The van der Waals surface area contributed by atoms with Gasteiger partial charge in [-0.3, -0.25) is 4.99 Å². The quantitative estimate of drug-likeness (QED) is 0.906. The lowest BCUT2D eigenvalue weighted by molar-refractivity contribution is 0.475. The molecule has 0 aromatic heterocycles. The highest BCUT2D eigenvalue weighted by Crippen LogP contribution is 2.59. The highest BCUT2D eigenvalue weighted by atomic mass is 16.3. The van der Waals surface area contributed by atoms with Gasteiger partial charge in [-0.1, -0.05) is 42.5 Å². The molecule has 106 valence electrons. The summed E-state index contributed by atoms with van der Waals surface area (Å²) in [5, 5.41) is 13.0. The van der Waals surface area contributed by atoms with Gasteiger partial charge in [-0.25, -0.2) is 0 Å². The maximum atomic E-state index is 9.55. The molecule has 2 unspecified atom stereocenters. The van der Waals surface area contributed by atoms with Crippen molar-refractivity contribution >= 4 is 5.84 Å². The predicted octanol–water partition coefficient (Wildman–Crippen LogP) is 2.70. The van der Waals surface area contributed by atoms with E-state index in [9.17, 15) is 5.11 Å². The largest absolute Gasteiger partial charge is 0.508 e. The minimum atomic E-state index is 0.00509. The number of hydrogen-bond acceptors (Lipinski definition) is 3. The van der Waals surface area contributed by atoms with Crippen LogP contribution in [-0.2, 0) is 5.41 Å². The second kappa shape index (κ2) is 4.62. The van der Waals surface area contributed by atoms with Crippen LogP contribution in [0.1, 0.15) is 17.5 Å². The molecule has 1 aliphatic carbocycles. The van der Waals surface area contributed by atoms with Crippen molar-refractivity contribution in [3.05, 3.63) is 65.7 Å². The second-order valence-corrected chi connectivity index (χ2v) is 5.83. The van der Waals surface area contributed by atoms with Crippen LogP contribution in [0.4, 0.5) is 0 Å². The number of aromatic hydroxyl groups is 1. The molecular formula is C18H18N2O. The smallest absolute Gasteiger partial charge is 0.115 e. The number of hydrogen-bond donors (Lipinski definition) is 2. The van der Waals surface area contributed by atoms with Crippen LogP contribution in [0.25, 0.3) is 0 Å². The molecule has 2 aliphatic rings. The van der Waals surface area contributed by atoms with Crippen molar-refractivity contribution < 1.29 is 5.11 Å². The van der Waals surface area contributed by atoms with Crippen molar-refractivity contribution in [1.82, 2.24) is 5.32 Å². The first-order valence-electron chi connectivity index (χ1n) is 7.44. The third kappa shape index (κ3) is 1.92. The van der Waals surface area contributed by atoms with Gasteiger partial charge in [0.15, 0.2) is 0 Å². The fourth-order valence-corrected chi connectivity index (χ4v) is 3.54. The van der Waals surface area contributed by atoms with Crippen LogP contribution >= 0.6 is 0 Å². The Kier molecular flexibility index (Phi) is 2.74. The third-order valence-corrected chi connectivity index (χ3v) is 4.66. The number of benzene rings is 2. The van der Waals surface area contributed by atoms with Gasteiger partial charge in [-0.15, -0.1) is 0 Å². The SMILES string of the molecule is Oc1ccc(C2(c3ccccc3)CC2C2=NCCN2)cc1. The third-order valence-electron chi connectivity index (χ3n) is 4.66. The number of aliphatic imine (C=N–C) groups is 1. The molecule has 0 radical (unpaired) electrons. The lowest BCUT2D eigenvalue weighted by Crippen LogP contribution is -2.25. The van der Waals surface area contributed by atoms with Gasteiger partial charge in [0.05, 0.1) is 6.54 Å². The van der Waals surface area contributed by atoms with Crippen molar-refractivity contribution in [3.63, 3.8) is 0 Å². The van der Waals surface area contributed by atoms with E-state index in [1.807, 2.05) is 12.1 Å². The molecule has 21 heavy (non-hydrogen) atoms. The van der Waals surface area contributed by atoms with E-state index in [0.29, 0.717) is 11.7 Å². The molecule has 2 aromatic rings. The second-order valence-electron chi connectivity index (χ2n) is 5.83. The lowest BCUT2D eigenvalue weighted by Gasteiger charge is -2.19. The maximum Gasteiger partial charge on any atom is 0.115 e. The minimum absolute atomic E-state index is 0.00509. The van der Waals surface area contributed by atoms with E-state index in [2.05, 4.69) is 40.6 Å². The number of amidine groups is 1. The average Bonchev–Trinajstić information content (AvgIpc) is 3.05. The Labute approximate surface area is 124 Å². The Balaban J connectivity index is 1.79. The van der Waals surface area contributed by atoms with Crippen LogP contribution in [0.3, 0.4) is 0 Å². The molecule has 1 fully saturated rings. The van der Waals surface area contributed by atoms with Gasteiger partial charge in [0.1, 0.15) is 11.6 Å². The van der Waals surface area contributed by atoms with E-state index >= 15 is 0 Å². The summed E-state index contributed by atoms with van der Waals surface area (Å²) in [6.45, 7) is 1.83. The van der Waals surface area contributed by atoms with Crippen LogP contribution in [0.15, 0.2) is 59.6 Å². The van der Waals surface area contributed by atoms with Crippen LogP contribution < -0.4 is 5.32 Å². The van der Waals surface area contributed by atoms with Crippen molar-refractivity contribution in [1.29, 1.82) is 0 Å². The van der Waals surface area contributed by atoms with Crippen LogP contribution in [0, 0.1) is 5.92 Å². The number of phenols is 1. The summed E-state index contributed by atoms with van der Waals surface area (Å²) in [5.74, 6) is 1.88. The fraction of sp³-hybridized carbons (Fsp3) is 0.278. The molecule has 0 bridgehead atoms. The van der Waals surface area contributed by atoms with E-state index in [4.69, 9.17) is 0 Å².